The van der Waals surface area contributed by atoms with Gasteiger partial charge < -0.3 is 5.32 Å². The number of hydrogen-bond donors (Lipinski definition) is 1. The van der Waals surface area contributed by atoms with Gasteiger partial charge in [-0.05, 0) is 73.6 Å². The summed E-state index contributed by atoms with van der Waals surface area (Å²) in [6.07, 6.45) is 6.44. The van der Waals surface area contributed by atoms with Gasteiger partial charge in [-0.25, -0.2) is 0 Å². The molecule has 3 nitrogen and oxygen atoms in total. The van der Waals surface area contributed by atoms with Crippen LogP contribution in [0.1, 0.15) is 61.8 Å². The van der Waals surface area contributed by atoms with Crippen LogP contribution in [0.2, 0.25) is 0 Å². The zero-order valence-corrected chi connectivity index (χ0v) is 26.4. The fourth-order valence-corrected chi connectivity index (χ4v) is 6.40. The molecule has 0 aromatic heterocycles. The number of nitrogens with zero attached hydrogens (tertiary/aromatic N) is 2. The maximum atomic E-state index is 3.59. The molecule has 3 heteroatoms. The van der Waals surface area contributed by atoms with Gasteiger partial charge >= 0.3 is 0 Å². The Morgan fingerprint density at radius 2 is 1.19 bits per heavy atom. The van der Waals surface area contributed by atoms with Crippen molar-refractivity contribution in [2.45, 2.75) is 77.7 Å². The second kappa shape index (κ2) is 16.0. The van der Waals surface area contributed by atoms with Crippen molar-refractivity contribution < 1.29 is 0 Å². The topological polar surface area (TPSA) is 18.5 Å². The first-order chi connectivity index (χ1) is 21.1. The van der Waals surface area contributed by atoms with Crippen molar-refractivity contribution in [2.75, 3.05) is 19.6 Å². The van der Waals surface area contributed by atoms with Crippen LogP contribution in [0.4, 0.5) is 0 Å². The van der Waals surface area contributed by atoms with Crippen LogP contribution in [-0.4, -0.2) is 41.5 Å². The van der Waals surface area contributed by atoms with E-state index < -0.39 is 0 Å². The van der Waals surface area contributed by atoms with E-state index in [2.05, 4.69) is 150 Å². The minimum Gasteiger partial charge on any atom is -0.310 e. The molecule has 6 rings (SSSR count). The van der Waals surface area contributed by atoms with E-state index in [9.17, 15) is 0 Å². The molecule has 1 heterocycles. The van der Waals surface area contributed by atoms with Gasteiger partial charge in [0.15, 0.2) is 0 Å². The molecule has 1 aliphatic carbocycles. The molecule has 2 atom stereocenters. The molecule has 2 fully saturated rings. The van der Waals surface area contributed by atoms with E-state index >= 15 is 0 Å². The van der Waals surface area contributed by atoms with Crippen molar-refractivity contribution in [1.29, 1.82) is 0 Å². The standard InChI is InChI=1S/C22H28N2.C18H23N/c1-19-14-23(15-20-8-4-2-5-9-20)17-22(12-13-22)18-24(19)16-21-10-6-3-7-11-21;1-16(19-15-18-12-6-3-7-13-18)9-8-14-17-10-4-2-5-11-17/h2-11,19H,12-18H2,1H3;2-7,10-13,16,19H,8-9,14-15H2,1H3. The number of nitrogens with one attached hydrogen (secondary N) is 1. The highest BCUT2D eigenvalue weighted by Gasteiger charge is 2.47. The molecule has 226 valence electrons. The van der Waals surface area contributed by atoms with Gasteiger partial charge in [0.25, 0.3) is 0 Å². The molecule has 4 aromatic carbocycles. The zero-order valence-electron chi connectivity index (χ0n) is 26.4. The fraction of sp³-hybridized carbons (Fsp3) is 0.400. The lowest BCUT2D eigenvalue weighted by Gasteiger charge is -2.29. The number of hydrogen-bond acceptors (Lipinski definition) is 3. The van der Waals surface area contributed by atoms with E-state index in [-0.39, 0.29) is 0 Å². The van der Waals surface area contributed by atoms with Crippen molar-refractivity contribution in [3.05, 3.63) is 144 Å². The molecule has 0 radical (unpaired) electrons. The summed E-state index contributed by atoms with van der Waals surface area (Å²) < 4.78 is 0. The molecule has 0 bridgehead atoms. The van der Waals surface area contributed by atoms with E-state index in [0.717, 1.165) is 19.6 Å². The van der Waals surface area contributed by atoms with Crippen molar-refractivity contribution in [3.63, 3.8) is 0 Å². The molecule has 1 spiro atoms. The minimum absolute atomic E-state index is 0.550. The van der Waals surface area contributed by atoms with Crippen LogP contribution >= 0.6 is 0 Å². The van der Waals surface area contributed by atoms with Crippen molar-refractivity contribution >= 4 is 0 Å². The summed E-state index contributed by atoms with van der Waals surface area (Å²) in [5.74, 6) is 0. The average Bonchev–Trinajstić information content (AvgIpc) is 3.82. The van der Waals surface area contributed by atoms with Gasteiger partial charge in [-0.3, -0.25) is 9.80 Å². The molecular formula is C40H51N3. The number of rotatable bonds is 11. The first-order valence-corrected chi connectivity index (χ1v) is 16.4. The van der Waals surface area contributed by atoms with E-state index in [1.54, 1.807) is 0 Å². The summed E-state index contributed by atoms with van der Waals surface area (Å²) >= 11 is 0. The van der Waals surface area contributed by atoms with Crippen LogP contribution < -0.4 is 5.32 Å². The molecule has 1 saturated heterocycles. The van der Waals surface area contributed by atoms with E-state index in [0.29, 0.717) is 17.5 Å². The van der Waals surface area contributed by atoms with Crippen LogP contribution in [0.25, 0.3) is 0 Å². The Bertz CT molecular complexity index is 1310. The van der Waals surface area contributed by atoms with Crippen LogP contribution in [0, 0.1) is 5.41 Å². The third-order valence-corrected chi connectivity index (χ3v) is 9.12. The molecule has 0 amide bonds. The summed E-state index contributed by atoms with van der Waals surface area (Å²) in [6, 6.07) is 44.4. The molecule has 43 heavy (non-hydrogen) atoms. The van der Waals surface area contributed by atoms with Crippen LogP contribution in [-0.2, 0) is 26.1 Å². The van der Waals surface area contributed by atoms with E-state index in [4.69, 9.17) is 0 Å². The molecule has 1 saturated carbocycles. The first kappa shape index (κ1) is 31.2. The van der Waals surface area contributed by atoms with Crippen LogP contribution in [0.15, 0.2) is 121 Å². The van der Waals surface area contributed by atoms with Crippen molar-refractivity contribution in [3.8, 4) is 0 Å². The predicted octanol–water partition coefficient (Wildman–Crippen LogP) is 8.36. The van der Waals surface area contributed by atoms with Gasteiger partial charge in [-0.2, -0.15) is 0 Å². The lowest BCUT2D eigenvalue weighted by Crippen LogP contribution is -2.38. The SMILES string of the molecule is CC(CCCc1ccccc1)NCc1ccccc1.CC1CN(Cc2ccccc2)CC2(CC2)CN1Cc1ccccc1. The van der Waals surface area contributed by atoms with Gasteiger partial charge in [0, 0.05) is 51.4 Å². The largest absolute Gasteiger partial charge is 0.310 e. The maximum Gasteiger partial charge on any atom is 0.0237 e. The minimum atomic E-state index is 0.550. The number of aryl methyl sites for hydroxylation is 1. The van der Waals surface area contributed by atoms with Crippen molar-refractivity contribution in [2.24, 2.45) is 5.41 Å². The van der Waals surface area contributed by atoms with Crippen LogP contribution in [0.3, 0.4) is 0 Å². The Morgan fingerprint density at radius 3 is 1.74 bits per heavy atom. The average molecular weight is 574 g/mol. The summed E-state index contributed by atoms with van der Waals surface area (Å²) in [5.41, 5.74) is 6.23. The first-order valence-electron chi connectivity index (χ1n) is 16.4. The molecule has 1 N–H and O–H groups in total. The second-order valence-electron chi connectivity index (χ2n) is 13.0. The molecule has 1 aliphatic heterocycles. The van der Waals surface area contributed by atoms with Gasteiger partial charge in [0.2, 0.25) is 0 Å². The Balaban J connectivity index is 0.000000177. The van der Waals surface area contributed by atoms with Gasteiger partial charge in [-0.15, -0.1) is 0 Å². The zero-order chi connectivity index (χ0) is 29.7. The third-order valence-electron chi connectivity index (χ3n) is 9.12. The Labute approximate surface area is 261 Å². The smallest absolute Gasteiger partial charge is 0.0237 e. The monoisotopic (exact) mass is 573 g/mol. The quantitative estimate of drug-likeness (QED) is 0.194. The van der Waals surface area contributed by atoms with Crippen molar-refractivity contribution in [1.82, 2.24) is 15.1 Å². The normalized spacial score (nSPS) is 18.8. The Hall–Kier alpha value is -3.24. The highest BCUT2D eigenvalue weighted by atomic mass is 15.3. The second-order valence-corrected chi connectivity index (χ2v) is 13.0. The molecule has 2 aliphatic rings. The summed E-state index contributed by atoms with van der Waals surface area (Å²) in [7, 11) is 0. The number of benzene rings is 4. The summed E-state index contributed by atoms with van der Waals surface area (Å²) in [6.45, 7) is 11.5. The molecule has 4 aromatic rings. The van der Waals surface area contributed by atoms with Gasteiger partial charge in [-0.1, -0.05) is 121 Å². The maximum absolute atomic E-state index is 3.59. The van der Waals surface area contributed by atoms with E-state index in [1.165, 1.54) is 74.0 Å². The lowest BCUT2D eigenvalue weighted by atomic mass is 10.1. The van der Waals surface area contributed by atoms with Gasteiger partial charge in [0.1, 0.15) is 0 Å². The Morgan fingerprint density at radius 1 is 0.674 bits per heavy atom. The predicted molar refractivity (Wildman–Crippen MR) is 182 cm³/mol. The molecular weight excluding hydrogens is 522 g/mol. The third kappa shape index (κ3) is 10.5. The summed E-state index contributed by atoms with van der Waals surface area (Å²) in [4.78, 5) is 5.41. The fourth-order valence-electron chi connectivity index (χ4n) is 6.40. The Kier molecular flexibility index (Phi) is 11.6. The van der Waals surface area contributed by atoms with Crippen LogP contribution in [0.5, 0.6) is 0 Å². The molecule has 2 unspecified atom stereocenters. The summed E-state index contributed by atoms with van der Waals surface area (Å²) in [5, 5.41) is 3.59. The highest BCUT2D eigenvalue weighted by Crippen LogP contribution is 2.48. The van der Waals surface area contributed by atoms with E-state index in [1.807, 2.05) is 0 Å². The van der Waals surface area contributed by atoms with Gasteiger partial charge in [0.05, 0.1) is 0 Å². The lowest BCUT2D eigenvalue weighted by molar-refractivity contribution is 0.176. The highest BCUT2D eigenvalue weighted by molar-refractivity contribution is 5.18.